The largest absolute Gasteiger partial charge is 0.323 e. The first-order valence-electron chi connectivity index (χ1n) is 10.1. The molecular formula is C24H19F2N3O2S. The van der Waals surface area contributed by atoms with Gasteiger partial charge in [0, 0.05) is 23.5 Å². The van der Waals surface area contributed by atoms with Crippen molar-refractivity contribution >= 4 is 35.1 Å². The summed E-state index contributed by atoms with van der Waals surface area (Å²) in [6.45, 7) is 0.578. The predicted molar refractivity (Wildman–Crippen MR) is 120 cm³/mol. The summed E-state index contributed by atoms with van der Waals surface area (Å²) in [4.78, 5) is 29.0. The molecule has 0 aromatic heterocycles. The number of hydrogen-bond donors (Lipinski definition) is 1. The molecule has 2 aliphatic rings. The highest BCUT2D eigenvalue weighted by Crippen LogP contribution is 2.54. The van der Waals surface area contributed by atoms with Crippen molar-refractivity contribution < 1.29 is 18.4 Å². The molecule has 5 rings (SSSR count). The van der Waals surface area contributed by atoms with Crippen molar-refractivity contribution in [2.75, 3.05) is 22.5 Å². The molecule has 3 aromatic rings. The minimum absolute atomic E-state index is 0.198. The zero-order valence-corrected chi connectivity index (χ0v) is 17.7. The van der Waals surface area contributed by atoms with Crippen LogP contribution in [-0.4, -0.2) is 29.1 Å². The number of carbonyl (C=O) groups is 2. The molecule has 0 unspecified atom stereocenters. The molecule has 8 heteroatoms. The number of halogens is 2. The van der Waals surface area contributed by atoms with Crippen LogP contribution in [-0.2, 0) is 16.2 Å². The fourth-order valence-corrected chi connectivity index (χ4v) is 5.73. The standard InChI is InChI=1S/C24H19F2N3O2S/c25-17-8-10-19(11-9-17)27-23(31)29-12-13-32-24(29)20-6-1-2-7-21(20)28(22(24)30)15-16-4-3-5-18(26)14-16/h1-11,14H,12-13,15H2,(H,27,31)/t24-/m0/s1. The summed E-state index contributed by atoms with van der Waals surface area (Å²) in [6, 6.07) is 18.6. The zero-order valence-electron chi connectivity index (χ0n) is 16.9. The van der Waals surface area contributed by atoms with Crippen LogP contribution in [0.4, 0.5) is 25.0 Å². The monoisotopic (exact) mass is 451 g/mol. The van der Waals surface area contributed by atoms with Crippen molar-refractivity contribution in [3.8, 4) is 0 Å². The summed E-state index contributed by atoms with van der Waals surface area (Å²) in [7, 11) is 0. The summed E-state index contributed by atoms with van der Waals surface area (Å²) in [6.07, 6.45) is 0. The van der Waals surface area contributed by atoms with E-state index in [-0.39, 0.29) is 18.3 Å². The normalized spacial score (nSPS) is 19.5. The predicted octanol–water partition coefficient (Wildman–Crippen LogP) is 4.95. The van der Waals surface area contributed by atoms with E-state index in [0.29, 0.717) is 29.2 Å². The van der Waals surface area contributed by atoms with Gasteiger partial charge in [0.1, 0.15) is 11.6 Å². The third-order valence-electron chi connectivity index (χ3n) is 5.67. The summed E-state index contributed by atoms with van der Waals surface area (Å²) in [5.41, 5.74) is 2.54. The lowest BCUT2D eigenvalue weighted by Crippen LogP contribution is -2.51. The Balaban J connectivity index is 1.50. The zero-order chi connectivity index (χ0) is 22.3. The number of para-hydroxylation sites is 1. The fraction of sp³-hybridized carbons (Fsp3) is 0.167. The molecule has 0 radical (unpaired) electrons. The third kappa shape index (κ3) is 3.31. The number of rotatable bonds is 3. The van der Waals surface area contributed by atoms with Gasteiger partial charge < -0.3 is 10.2 Å². The van der Waals surface area contributed by atoms with E-state index in [0.717, 1.165) is 5.56 Å². The molecule has 0 saturated carbocycles. The lowest BCUT2D eigenvalue weighted by molar-refractivity contribution is -0.123. The Morgan fingerprint density at radius 3 is 2.56 bits per heavy atom. The lowest BCUT2D eigenvalue weighted by atomic mass is 10.1. The van der Waals surface area contributed by atoms with Gasteiger partial charge in [-0.25, -0.2) is 13.6 Å². The molecule has 162 valence electrons. The number of amides is 3. The first kappa shape index (κ1) is 20.5. The van der Waals surface area contributed by atoms with Gasteiger partial charge in [-0.2, -0.15) is 0 Å². The molecule has 1 spiro atoms. The van der Waals surface area contributed by atoms with Gasteiger partial charge in [0.15, 0.2) is 4.87 Å². The Hall–Kier alpha value is -3.39. The van der Waals surface area contributed by atoms with Crippen LogP contribution in [0.3, 0.4) is 0 Å². The van der Waals surface area contributed by atoms with Crippen LogP contribution in [0.5, 0.6) is 0 Å². The molecule has 0 aliphatic carbocycles. The van der Waals surface area contributed by atoms with Gasteiger partial charge in [-0.05, 0) is 48.0 Å². The van der Waals surface area contributed by atoms with Gasteiger partial charge in [-0.15, -0.1) is 11.8 Å². The van der Waals surface area contributed by atoms with E-state index in [1.54, 1.807) is 17.0 Å². The first-order valence-corrected chi connectivity index (χ1v) is 11.1. The van der Waals surface area contributed by atoms with E-state index >= 15 is 0 Å². The summed E-state index contributed by atoms with van der Waals surface area (Å²) < 4.78 is 27.0. The van der Waals surface area contributed by atoms with Crippen LogP contribution >= 0.6 is 11.8 Å². The number of urea groups is 1. The summed E-state index contributed by atoms with van der Waals surface area (Å²) in [5, 5.41) is 2.77. The van der Waals surface area contributed by atoms with Crippen LogP contribution in [0.15, 0.2) is 72.8 Å². The number of benzene rings is 3. The van der Waals surface area contributed by atoms with Crippen LogP contribution in [0.1, 0.15) is 11.1 Å². The summed E-state index contributed by atoms with van der Waals surface area (Å²) in [5.74, 6) is -0.415. The number of hydrogen-bond acceptors (Lipinski definition) is 3. The highest BCUT2D eigenvalue weighted by atomic mass is 32.2. The van der Waals surface area contributed by atoms with Gasteiger partial charge in [0.2, 0.25) is 0 Å². The van der Waals surface area contributed by atoms with Crippen LogP contribution in [0, 0.1) is 11.6 Å². The highest BCUT2D eigenvalue weighted by molar-refractivity contribution is 8.01. The van der Waals surface area contributed by atoms with E-state index in [4.69, 9.17) is 0 Å². The fourth-order valence-electron chi connectivity index (χ4n) is 4.27. The van der Waals surface area contributed by atoms with Crippen molar-refractivity contribution in [2.24, 2.45) is 0 Å². The quantitative estimate of drug-likeness (QED) is 0.613. The maximum atomic E-state index is 13.8. The second kappa shape index (κ2) is 7.94. The van der Waals surface area contributed by atoms with E-state index in [9.17, 15) is 18.4 Å². The van der Waals surface area contributed by atoms with E-state index in [1.165, 1.54) is 53.1 Å². The van der Waals surface area contributed by atoms with Crippen molar-refractivity contribution in [1.82, 2.24) is 4.90 Å². The van der Waals surface area contributed by atoms with Gasteiger partial charge >= 0.3 is 6.03 Å². The molecule has 3 amide bonds. The number of fused-ring (bicyclic) bond motifs is 2. The van der Waals surface area contributed by atoms with E-state index in [1.807, 2.05) is 24.3 Å². The number of nitrogens with one attached hydrogen (secondary N) is 1. The Labute approximate surface area is 188 Å². The number of anilines is 2. The molecule has 1 saturated heterocycles. The molecule has 5 nitrogen and oxygen atoms in total. The molecule has 0 bridgehead atoms. The van der Waals surface area contributed by atoms with Crippen LogP contribution < -0.4 is 10.2 Å². The van der Waals surface area contributed by atoms with Crippen molar-refractivity contribution in [3.63, 3.8) is 0 Å². The van der Waals surface area contributed by atoms with Crippen LogP contribution in [0.25, 0.3) is 0 Å². The van der Waals surface area contributed by atoms with E-state index < -0.39 is 16.7 Å². The minimum atomic E-state index is -1.20. The number of nitrogens with zero attached hydrogens (tertiary/aromatic N) is 2. The Kier molecular flexibility index (Phi) is 5.09. The molecule has 1 fully saturated rings. The smallest absolute Gasteiger partial charge is 0.308 e. The summed E-state index contributed by atoms with van der Waals surface area (Å²) >= 11 is 1.41. The second-order valence-corrected chi connectivity index (χ2v) is 8.91. The van der Waals surface area contributed by atoms with Gasteiger partial charge in [0.05, 0.1) is 12.2 Å². The third-order valence-corrected chi connectivity index (χ3v) is 7.09. The SMILES string of the molecule is O=C(Nc1ccc(F)cc1)N1CCS[C@@]12C(=O)N(Cc1cccc(F)c1)c1ccccc12. The van der Waals surface area contributed by atoms with Gasteiger partial charge in [0.25, 0.3) is 5.91 Å². The van der Waals surface area contributed by atoms with Gasteiger partial charge in [-0.1, -0.05) is 30.3 Å². The maximum absolute atomic E-state index is 13.8. The minimum Gasteiger partial charge on any atom is -0.308 e. The van der Waals surface area contributed by atoms with Crippen molar-refractivity contribution in [1.29, 1.82) is 0 Å². The molecule has 2 aliphatic heterocycles. The molecule has 1 atom stereocenters. The highest BCUT2D eigenvalue weighted by Gasteiger charge is 2.59. The average Bonchev–Trinajstić information content (AvgIpc) is 3.33. The first-order chi connectivity index (χ1) is 15.5. The Bertz CT molecular complexity index is 1200. The molecule has 32 heavy (non-hydrogen) atoms. The molecule has 2 heterocycles. The Morgan fingerprint density at radius 1 is 1.00 bits per heavy atom. The Morgan fingerprint density at radius 2 is 1.78 bits per heavy atom. The topological polar surface area (TPSA) is 52.7 Å². The van der Waals surface area contributed by atoms with Crippen LogP contribution in [0.2, 0.25) is 0 Å². The number of thioether (sulfide) groups is 1. The van der Waals surface area contributed by atoms with E-state index in [2.05, 4.69) is 5.32 Å². The van der Waals surface area contributed by atoms with Crippen molar-refractivity contribution in [3.05, 3.63) is 95.6 Å². The molecular weight excluding hydrogens is 432 g/mol. The lowest BCUT2D eigenvalue weighted by Gasteiger charge is -2.33. The number of carbonyl (C=O) groups excluding carboxylic acids is 2. The second-order valence-electron chi connectivity index (χ2n) is 7.62. The van der Waals surface area contributed by atoms with Gasteiger partial charge in [-0.3, -0.25) is 9.69 Å². The maximum Gasteiger partial charge on any atom is 0.323 e. The van der Waals surface area contributed by atoms with Crippen molar-refractivity contribution in [2.45, 2.75) is 11.4 Å². The molecule has 3 aromatic carbocycles. The average molecular weight is 451 g/mol. The molecule has 1 N–H and O–H groups in total.